The van der Waals surface area contributed by atoms with Crippen LogP contribution in [0.3, 0.4) is 0 Å². The van der Waals surface area contributed by atoms with Crippen molar-refractivity contribution in [2.24, 2.45) is 0 Å². The molecule has 0 radical (unpaired) electrons. The van der Waals surface area contributed by atoms with Crippen molar-refractivity contribution in [3.8, 4) is 0 Å². The number of benzene rings is 1. The molecule has 0 saturated heterocycles. The van der Waals surface area contributed by atoms with Crippen LogP contribution in [0.5, 0.6) is 0 Å². The van der Waals surface area contributed by atoms with E-state index >= 15 is 0 Å². The summed E-state index contributed by atoms with van der Waals surface area (Å²) in [5, 5.41) is 10.8. The van der Waals surface area contributed by atoms with Crippen molar-refractivity contribution < 1.29 is 13.3 Å². The van der Waals surface area contributed by atoms with Gasteiger partial charge in [-0.2, -0.15) is 0 Å². The zero-order chi connectivity index (χ0) is 14.8. The van der Waals surface area contributed by atoms with E-state index in [0.717, 1.165) is 6.07 Å². The van der Waals surface area contributed by atoms with Gasteiger partial charge in [-0.25, -0.2) is 13.1 Å². The van der Waals surface area contributed by atoms with Crippen molar-refractivity contribution in [1.82, 2.24) is 4.72 Å². The van der Waals surface area contributed by atoms with Crippen molar-refractivity contribution >= 4 is 31.6 Å². The van der Waals surface area contributed by atoms with Crippen LogP contribution in [0.2, 0.25) is 0 Å². The van der Waals surface area contributed by atoms with E-state index < -0.39 is 14.9 Å². The van der Waals surface area contributed by atoms with Crippen LogP contribution in [0, 0.1) is 24.0 Å². The van der Waals surface area contributed by atoms with Gasteiger partial charge in [0, 0.05) is 23.2 Å². The summed E-state index contributed by atoms with van der Waals surface area (Å²) in [6.45, 7) is 6.77. The number of non-ortho nitro benzene ring substituents is 1. The first-order valence-electron chi connectivity index (χ1n) is 5.23. The van der Waals surface area contributed by atoms with Gasteiger partial charge >= 0.3 is 0 Å². The van der Waals surface area contributed by atoms with E-state index in [1.165, 1.54) is 6.07 Å². The minimum atomic E-state index is -3.81. The Morgan fingerprint density at radius 1 is 1.47 bits per heavy atom. The second kappa shape index (κ2) is 5.81. The lowest BCUT2D eigenvalue weighted by molar-refractivity contribution is -0.385. The van der Waals surface area contributed by atoms with Crippen LogP contribution in [0.25, 0.3) is 0 Å². The Balaban J connectivity index is 3.33. The number of hydrogen-bond donors (Lipinski definition) is 1. The maximum atomic E-state index is 12.1. The van der Waals surface area contributed by atoms with Gasteiger partial charge in [0.25, 0.3) is 5.69 Å². The summed E-state index contributed by atoms with van der Waals surface area (Å²) in [5.41, 5.74) is 0.784. The van der Waals surface area contributed by atoms with Crippen molar-refractivity contribution in [3.05, 3.63) is 44.4 Å². The molecule has 8 heteroatoms. The van der Waals surface area contributed by atoms with Crippen molar-refractivity contribution in [2.45, 2.75) is 18.7 Å². The molecule has 0 unspecified atom stereocenters. The second-order valence-electron chi connectivity index (χ2n) is 3.98. The Morgan fingerprint density at radius 2 is 2.05 bits per heavy atom. The zero-order valence-electron chi connectivity index (χ0n) is 10.4. The number of nitrogens with one attached hydrogen (secondary N) is 1. The molecular formula is C11H13BrN2O4S. The van der Waals surface area contributed by atoms with Crippen molar-refractivity contribution in [1.29, 1.82) is 0 Å². The van der Waals surface area contributed by atoms with Gasteiger partial charge < -0.3 is 0 Å². The molecule has 0 fully saturated rings. The lowest BCUT2D eigenvalue weighted by atomic mass is 10.1. The molecule has 1 N–H and O–H groups in total. The standard InChI is InChI=1S/C11H13BrN2O4S/c1-7-4-10(14(15)16)5-11(9(7)3)19(17,18)13-6-8(2)12/h4-5,13H,2,6H2,1,3H3. The highest BCUT2D eigenvalue weighted by molar-refractivity contribution is 9.11. The molecular weight excluding hydrogens is 336 g/mol. The van der Waals surface area contributed by atoms with Crippen LogP contribution in [-0.4, -0.2) is 19.9 Å². The Kier molecular flexibility index (Phi) is 4.83. The van der Waals surface area contributed by atoms with E-state index in [4.69, 9.17) is 0 Å². The number of nitro benzene ring substituents is 1. The van der Waals surface area contributed by atoms with E-state index in [1.807, 2.05) is 0 Å². The third-order valence-corrected chi connectivity index (χ3v) is 4.37. The smallest absolute Gasteiger partial charge is 0.258 e. The van der Waals surface area contributed by atoms with Gasteiger partial charge in [0.1, 0.15) is 0 Å². The molecule has 0 heterocycles. The molecule has 0 atom stereocenters. The van der Waals surface area contributed by atoms with Crippen LogP contribution < -0.4 is 4.72 Å². The van der Waals surface area contributed by atoms with Gasteiger partial charge in [-0.15, -0.1) is 0 Å². The fourth-order valence-corrected chi connectivity index (χ4v) is 3.13. The maximum Gasteiger partial charge on any atom is 0.271 e. The zero-order valence-corrected chi connectivity index (χ0v) is 12.8. The third-order valence-electron chi connectivity index (χ3n) is 2.56. The second-order valence-corrected chi connectivity index (χ2v) is 6.84. The molecule has 0 saturated carbocycles. The lowest BCUT2D eigenvalue weighted by Crippen LogP contribution is -2.25. The first-order valence-corrected chi connectivity index (χ1v) is 7.51. The predicted molar refractivity (Wildman–Crippen MR) is 75.8 cm³/mol. The number of rotatable bonds is 5. The summed E-state index contributed by atoms with van der Waals surface area (Å²) in [6.07, 6.45) is 0. The molecule has 104 valence electrons. The van der Waals surface area contributed by atoms with Gasteiger partial charge in [-0.1, -0.05) is 22.5 Å². The fourth-order valence-electron chi connectivity index (χ4n) is 1.44. The largest absolute Gasteiger partial charge is 0.271 e. The molecule has 0 aliphatic heterocycles. The summed E-state index contributed by atoms with van der Waals surface area (Å²) in [5.74, 6) is 0. The van der Waals surface area contributed by atoms with E-state index in [-0.39, 0.29) is 17.1 Å². The molecule has 6 nitrogen and oxygen atoms in total. The molecule has 0 spiro atoms. The number of hydrogen-bond acceptors (Lipinski definition) is 4. The van der Waals surface area contributed by atoms with E-state index in [9.17, 15) is 18.5 Å². The molecule has 0 aliphatic rings. The molecule has 0 bridgehead atoms. The van der Waals surface area contributed by atoms with E-state index in [0.29, 0.717) is 15.6 Å². The number of nitro groups is 1. The van der Waals surface area contributed by atoms with Crippen LogP contribution in [0.4, 0.5) is 5.69 Å². The highest BCUT2D eigenvalue weighted by Crippen LogP contribution is 2.25. The number of sulfonamides is 1. The number of nitrogens with zero attached hydrogens (tertiary/aromatic N) is 1. The summed E-state index contributed by atoms with van der Waals surface area (Å²) >= 11 is 3.04. The van der Waals surface area contributed by atoms with Crippen LogP contribution in [-0.2, 0) is 10.0 Å². The summed E-state index contributed by atoms with van der Waals surface area (Å²) in [7, 11) is -3.81. The molecule has 0 aromatic heterocycles. The average Bonchev–Trinajstić information content (AvgIpc) is 2.29. The summed E-state index contributed by atoms with van der Waals surface area (Å²) in [4.78, 5) is 10.1. The molecule has 1 rings (SSSR count). The molecule has 0 aliphatic carbocycles. The SMILES string of the molecule is C=C(Br)CNS(=O)(=O)c1cc([N+](=O)[O-])cc(C)c1C. The fraction of sp³-hybridized carbons (Fsp3) is 0.273. The van der Waals surface area contributed by atoms with E-state index in [2.05, 4.69) is 27.2 Å². The van der Waals surface area contributed by atoms with Gasteiger partial charge in [-0.05, 0) is 25.0 Å². The Bertz CT molecular complexity index is 640. The Morgan fingerprint density at radius 3 is 2.53 bits per heavy atom. The molecule has 1 aromatic carbocycles. The Labute approximate surface area is 119 Å². The first-order chi connectivity index (χ1) is 8.65. The topological polar surface area (TPSA) is 89.3 Å². The van der Waals surface area contributed by atoms with Crippen LogP contribution in [0.1, 0.15) is 11.1 Å². The normalized spacial score (nSPS) is 11.3. The van der Waals surface area contributed by atoms with E-state index in [1.54, 1.807) is 13.8 Å². The number of halogens is 1. The molecule has 0 amide bonds. The van der Waals surface area contributed by atoms with Crippen LogP contribution in [0.15, 0.2) is 28.1 Å². The Hall–Kier alpha value is -1.25. The maximum absolute atomic E-state index is 12.1. The van der Waals surface area contributed by atoms with Crippen molar-refractivity contribution in [3.63, 3.8) is 0 Å². The minimum absolute atomic E-state index is 0.0174. The summed E-state index contributed by atoms with van der Waals surface area (Å²) < 4.78 is 27.0. The average molecular weight is 349 g/mol. The highest BCUT2D eigenvalue weighted by Gasteiger charge is 2.22. The van der Waals surface area contributed by atoms with Crippen LogP contribution >= 0.6 is 15.9 Å². The van der Waals surface area contributed by atoms with Gasteiger partial charge in [0.2, 0.25) is 10.0 Å². The third kappa shape index (κ3) is 3.85. The number of aryl methyl sites for hydroxylation is 1. The minimum Gasteiger partial charge on any atom is -0.258 e. The monoisotopic (exact) mass is 348 g/mol. The highest BCUT2D eigenvalue weighted by atomic mass is 79.9. The molecule has 1 aromatic rings. The van der Waals surface area contributed by atoms with Gasteiger partial charge in [-0.3, -0.25) is 10.1 Å². The van der Waals surface area contributed by atoms with Gasteiger partial charge in [0.05, 0.1) is 9.82 Å². The van der Waals surface area contributed by atoms with Crippen molar-refractivity contribution in [2.75, 3.05) is 6.54 Å². The van der Waals surface area contributed by atoms with Gasteiger partial charge in [0.15, 0.2) is 0 Å². The quantitative estimate of drug-likeness (QED) is 0.653. The summed E-state index contributed by atoms with van der Waals surface area (Å²) in [6, 6.07) is 2.40. The first kappa shape index (κ1) is 15.8. The molecule has 19 heavy (non-hydrogen) atoms. The lowest BCUT2D eigenvalue weighted by Gasteiger charge is -2.10. The predicted octanol–water partition coefficient (Wildman–Crippen LogP) is 2.40.